The molecule has 0 saturated heterocycles. The number of aliphatic carboxylic acids is 1. The van der Waals surface area contributed by atoms with Gasteiger partial charge in [-0.05, 0) is 83.1 Å². The number of rotatable bonds is 16. The molecular weight excluding hydrogens is 562 g/mol. The Hall–Kier alpha value is -2.77. The number of hydrogen-bond acceptors (Lipinski definition) is 12. The molecule has 250 valence electrons. The van der Waals surface area contributed by atoms with Crippen molar-refractivity contribution in [1.29, 1.82) is 0 Å². The summed E-state index contributed by atoms with van der Waals surface area (Å²) >= 11 is 0. The lowest BCUT2D eigenvalue weighted by atomic mass is 10.2. The molecule has 0 aromatic heterocycles. The number of hydrogen-bond donors (Lipinski definition) is 1. The molecule has 0 radical (unpaired) electrons. The predicted octanol–water partition coefficient (Wildman–Crippen LogP) is 2.34. The summed E-state index contributed by atoms with van der Waals surface area (Å²) in [4.78, 5) is 66.6. The van der Waals surface area contributed by atoms with E-state index in [9.17, 15) is 29.1 Å². The van der Waals surface area contributed by atoms with Crippen LogP contribution in [0.2, 0.25) is 0 Å². The number of carboxylic acid groups (broad SMARTS) is 1. The van der Waals surface area contributed by atoms with Crippen LogP contribution in [-0.4, -0.2) is 131 Å². The molecule has 0 aliphatic rings. The van der Waals surface area contributed by atoms with E-state index in [0.29, 0.717) is 0 Å². The maximum absolute atomic E-state index is 12.6. The molecule has 0 amide bonds. The highest BCUT2D eigenvalue weighted by Crippen LogP contribution is 2.12. The van der Waals surface area contributed by atoms with Crippen molar-refractivity contribution in [2.24, 2.45) is 0 Å². The highest BCUT2D eigenvalue weighted by atomic mass is 16.6. The van der Waals surface area contributed by atoms with Crippen LogP contribution in [0.4, 0.5) is 0 Å². The van der Waals surface area contributed by atoms with Crippen LogP contribution in [0, 0.1) is 0 Å². The third-order valence-corrected chi connectivity index (χ3v) is 4.91. The van der Waals surface area contributed by atoms with Gasteiger partial charge < -0.3 is 24.1 Å². The maximum atomic E-state index is 12.6. The molecule has 0 aromatic carbocycles. The van der Waals surface area contributed by atoms with Gasteiger partial charge in [0.05, 0.1) is 32.7 Å². The fraction of sp³-hybridized carbons (Fsp3) is 0.833. The van der Waals surface area contributed by atoms with Gasteiger partial charge in [0.1, 0.15) is 22.4 Å². The highest BCUT2D eigenvalue weighted by molar-refractivity contribution is 5.76. The second kappa shape index (κ2) is 16.9. The van der Waals surface area contributed by atoms with Crippen LogP contribution < -0.4 is 0 Å². The number of ether oxygens (including phenoxy) is 4. The summed E-state index contributed by atoms with van der Waals surface area (Å²) < 4.78 is 21.6. The van der Waals surface area contributed by atoms with E-state index in [1.54, 1.807) is 88.0 Å². The van der Waals surface area contributed by atoms with Crippen molar-refractivity contribution in [2.45, 2.75) is 105 Å². The van der Waals surface area contributed by atoms with Gasteiger partial charge in [-0.3, -0.25) is 38.7 Å². The van der Waals surface area contributed by atoms with Crippen LogP contribution in [0.5, 0.6) is 0 Å². The van der Waals surface area contributed by atoms with Crippen molar-refractivity contribution in [1.82, 2.24) is 14.7 Å². The smallest absolute Gasteiger partial charge is 0.320 e. The number of carboxylic acids is 1. The van der Waals surface area contributed by atoms with Crippen molar-refractivity contribution in [3.63, 3.8) is 0 Å². The first-order valence-corrected chi connectivity index (χ1v) is 14.5. The normalized spacial score (nSPS) is 12.8. The van der Waals surface area contributed by atoms with E-state index in [4.69, 9.17) is 18.9 Å². The minimum atomic E-state index is -1.09. The number of esters is 4. The minimum Gasteiger partial charge on any atom is -0.480 e. The summed E-state index contributed by atoms with van der Waals surface area (Å²) in [5.41, 5.74) is -2.91. The molecule has 0 aromatic rings. The van der Waals surface area contributed by atoms with E-state index in [0.717, 1.165) is 0 Å². The van der Waals surface area contributed by atoms with Crippen LogP contribution in [0.3, 0.4) is 0 Å². The summed E-state index contributed by atoms with van der Waals surface area (Å²) in [7, 11) is 0. The minimum absolute atomic E-state index is 0.143. The molecule has 0 atom stereocenters. The number of carbonyl (C=O) groups is 5. The van der Waals surface area contributed by atoms with Gasteiger partial charge in [-0.1, -0.05) is 0 Å². The van der Waals surface area contributed by atoms with E-state index in [1.165, 1.54) is 9.80 Å². The van der Waals surface area contributed by atoms with Gasteiger partial charge in [0.15, 0.2) is 0 Å². The van der Waals surface area contributed by atoms with Gasteiger partial charge in [0, 0.05) is 26.2 Å². The van der Waals surface area contributed by atoms with Gasteiger partial charge >= 0.3 is 29.8 Å². The lowest BCUT2D eigenvalue weighted by Gasteiger charge is -2.30. The molecule has 0 heterocycles. The molecule has 13 heteroatoms. The Balaban J connectivity index is 5.71. The van der Waals surface area contributed by atoms with E-state index < -0.39 is 52.3 Å². The lowest BCUT2D eigenvalue weighted by molar-refractivity contribution is -0.162. The van der Waals surface area contributed by atoms with Gasteiger partial charge in [0.2, 0.25) is 0 Å². The standard InChI is InChI=1S/C30H55N3O10/c1-27(2,3)40-23(36)18-32(19-24(37)41-28(4,5)6)15-13-31(17-22(34)35)14-16-33(20-25(38)42-29(7,8)9)21-26(39)43-30(10,11)12/h13-21H2,1-12H3,(H,34,35). The summed E-state index contributed by atoms with van der Waals surface area (Å²) in [6.07, 6.45) is 0. The van der Waals surface area contributed by atoms with Gasteiger partial charge in [0.25, 0.3) is 0 Å². The van der Waals surface area contributed by atoms with Gasteiger partial charge in [-0.15, -0.1) is 0 Å². The van der Waals surface area contributed by atoms with E-state index in [2.05, 4.69) is 0 Å². The zero-order chi connectivity index (χ0) is 33.8. The zero-order valence-electron chi connectivity index (χ0n) is 28.3. The number of carbonyl (C=O) groups excluding carboxylic acids is 4. The van der Waals surface area contributed by atoms with Crippen molar-refractivity contribution >= 4 is 29.8 Å². The SMILES string of the molecule is CC(C)(C)OC(=O)CN(CCN(CCN(CC(=O)OC(C)(C)C)CC(=O)OC(C)(C)C)CC(=O)O)CC(=O)OC(C)(C)C. The van der Waals surface area contributed by atoms with E-state index in [-0.39, 0.29) is 58.9 Å². The average Bonchev–Trinajstić information content (AvgIpc) is 2.69. The second-order valence-corrected chi connectivity index (χ2v) is 14.4. The van der Waals surface area contributed by atoms with Gasteiger partial charge in [-0.2, -0.15) is 0 Å². The van der Waals surface area contributed by atoms with Crippen LogP contribution >= 0.6 is 0 Å². The summed E-state index contributed by atoms with van der Waals surface area (Å²) in [6, 6.07) is 0. The maximum Gasteiger partial charge on any atom is 0.320 e. The fourth-order valence-corrected chi connectivity index (χ4v) is 3.68. The van der Waals surface area contributed by atoms with Crippen LogP contribution in [0.25, 0.3) is 0 Å². The molecule has 43 heavy (non-hydrogen) atoms. The Kier molecular flexibility index (Phi) is 15.8. The summed E-state index contributed by atoms with van der Waals surface area (Å²) in [5.74, 6) is -3.25. The second-order valence-electron chi connectivity index (χ2n) is 14.4. The Labute approximate surface area is 257 Å². The highest BCUT2D eigenvalue weighted by Gasteiger charge is 2.26. The molecule has 1 N–H and O–H groups in total. The lowest BCUT2D eigenvalue weighted by Crippen LogP contribution is -2.47. The molecule has 0 unspecified atom stereocenters. The first-order valence-electron chi connectivity index (χ1n) is 14.5. The molecule has 0 bridgehead atoms. The monoisotopic (exact) mass is 617 g/mol. The first kappa shape index (κ1) is 40.2. The Morgan fingerprint density at radius 3 is 0.814 bits per heavy atom. The quantitative estimate of drug-likeness (QED) is 0.199. The fourth-order valence-electron chi connectivity index (χ4n) is 3.68. The molecule has 0 fully saturated rings. The van der Waals surface area contributed by atoms with Crippen molar-refractivity contribution < 1.29 is 48.0 Å². The summed E-state index contributed by atoms with van der Waals surface area (Å²) in [5, 5.41) is 9.54. The van der Waals surface area contributed by atoms with Crippen LogP contribution in [0.1, 0.15) is 83.1 Å². The molecule has 0 saturated carbocycles. The molecular formula is C30H55N3O10. The zero-order valence-corrected chi connectivity index (χ0v) is 28.3. The van der Waals surface area contributed by atoms with Crippen molar-refractivity contribution in [3.8, 4) is 0 Å². The van der Waals surface area contributed by atoms with E-state index in [1.807, 2.05) is 0 Å². The molecule has 13 nitrogen and oxygen atoms in total. The van der Waals surface area contributed by atoms with Crippen LogP contribution in [0.15, 0.2) is 0 Å². The molecule has 0 aliphatic carbocycles. The Morgan fingerprint density at radius 1 is 0.419 bits per heavy atom. The predicted molar refractivity (Wildman–Crippen MR) is 160 cm³/mol. The van der Waals surface area contributed by atoms with Crippen molar-refractivity contribution in [3.05, 3.63) is 0 Å². The third-order valence-electron chi connectivity index (χ3n) is 4.91. The average molecular weight is 618 g/mol. The van der Waals surface area contributed by atoms with E-state index >= 15 is 0 Å². The third kappa shape index (κ3) is 24.4. The van der Waals surface area contributed by atoms with Crippen molar-refractivity contribution in [2.75, 3.05) is 58.9 Å². The van der Waals surface area contributed by atoms with Gasteiger partial charge in [-0.25, -0.2) is 0 Å². The molecule has 0 rings (SSSR count). The molecule has 0 spiro atoms. The largest absolute Gasteiger partial charge is 0.480 e. The first-order chi connectivity index (χ1) is 19.2. The topological polar surface area (TPSA) is 152 Å². The molecule has 0 aliphatic heterocycles. The van der Waals surface area contributed by atoms with Crippen LogP contribution in [-0.2, 0) is 42.9 Å². The Morgan fingerprint density at radius 2 is 0.628 bits per heavy atom. The summed E-state index contributed by atoms with van der Waals surface area (Å²) in [6.45, 7) is 20.2. The number of nitrogens with zero attached hydrogens (tertiary/aromatic N) is 3. The Bertz CT molecular complexity index is 812.